The van der Waals surface area contributed by atoms with Crippen LogP contribution in [0.2, 0.25) is 0 Å². The Bertz CT molecular complexity index is 1030. The second-order valence-electron chi connectivity index (χ2n) is 17.3. The molecule has 6 heteroatoms. The first-order chi connectivity index (χ1) is 21.1. The lowest BCUT2D eigenvalue weighted by molar-refractivity contribution is -0.149. The molecule has 0 saturated heterocycles. The van der Waals surface area contributed by atoms with E-state index in [0.29, 0.717) is 18.4 Å². The minimum atomic E-state index is -0.426. The maximum absolute atomic E-state index is 12.6. The van der Waals surface area contributed by atoms with Crippen LogP contribution in [0.1, 0.15) is 146 Å². The summed E-state index contributed by atoms with van der Waals surface area (Å²) >= 11 is 0. The molecule has 0 aromatic heterocycles. The summed E-state index contributed by atoms with van der Waals surface area (Å²) in [5.74, 6) is 4.64. The second-order valence-corrected chi connectivity index (χ2v) is 17.3. The number of allylic oxidation sites excluding steroid dienone is 1. The minimum Gasteiger partial charge on any atom is -0.463 e. The topological polar surface area (TPSA) is 73.9 Å². The second kappa shape index (κ2) is 15.1. The van der Waals surface area contributed by atoms with Crippen LogP contribution in [0.5, 0.6) is 0 Å². The van der Waals surface area contributed by atoms with Gasteiger partial charge >= 0.3 is 12.1 Å². The predicted octanol–water partition coefficient (Wildman–Crippen LogP) is 9.65. The molecule has 1 N–H and O–H groups in total. The average molecular weight is 630 g/mol. The molecule has 258 valence electrons. The number of esters is 1. The van der Waals surface area contributed by atoms with Crippen molar-refractivity contribution >= 4 is 12.1 Å². The van der Waals surface area contributed by atoms with Gasteiger partial charge in [0.2, 0.25) is 0 Å². The van der Waals surface area contributed by atoms with E-state index in [0.717, 1.165) is 54.8 Å². The van der Waals surface area contributed by atoms with Gasteiger partial charge in [-0.15, -0.1) is 0 Å². The zero-order valence-electron chi connectivity index (χ0n) is 30.3. The molecule has 0 aromatic carbocycles. The first-order valence-electron chi connectivity index (χ1n) is 18.6. The van der Waals surface area contributed by atoms with Gasteiger partial charge in [-0.25, -0.2) is 4.79 Å². The Morgan fingerprint density at radius 3 is 2.44 bits per heavy atom. The van der Waals surface area contributed by atoms with Crippen LogP contribution in [-0.2, 0) is 19.0 Å². The van der Waals surface area contributed by atoms with Crippen LogP contribution >= 0.6 is 0 Å². The van der Waals surface area contributed by atoms with Crippen LogP contribution in [-0.4, -0.2) is 43.0 Å². The number of hydrogen-bond donors (Lipinski definition) is 1. The summed E-state index contributed by atoms with van der Waals surface area (Å²) in [7, 11) is 0. The van der Waals surface area contributed by atoms with Crippen LogP contribution in [0.4, 0.5) is 4.79 Å². The Labute approximate surface area is 275 Å². The standard InChI is InChI=1S/C39H67NO5/c1-26(2)11-10-12-27(3)32-15-16-33-31-14-13-29-25-30(17-21-38(29,8)34(31)18-22-39(32,33)9)45-36(42)40-23-19-35(41)44-28(4)20-24-43-37(5,6)7/h13,26-28,30-34H,10-12,14-25H2,1-9H3,(H,40,42). The number of hydrogen-bond acceptors (Lipinski definition) is 5. The van der Waals surface area contributed by atoms with Crippen LogP contribution in [0.3, 0.4) is 0 Å². The van der Waals surface area contributed by atoms with E-state index in [1.807, 2.05) is 27.7 Å². The minimum absolute atomic E-state index is 0.0907. The third-order valence-electron chi connectivity index (χ3n) is 12.5. The third-order valence-corrected chi connectivity index (χ3v) is 12.5. The van der Waals surface area contributed by atoms with Crippen molar-refractivity contribution in [2.24, 2.45) is 46.3 Å². The van der Waals surface area contributed by atoms with Gasteiger partial charge in [-0.2, -0.15) is 0 Å². The molecule has 1 amide bonds. The zero-order valence-corrected chi connectivity index (χ0v) is 30.3. The fourth-order valence-electron chi connectivity index (χ4n) is 10.1. The van der Waals surface area contributed by atoms with Gasteiger partial charge in [0.05, 0.1) is 18.6 Å². The van der Waals surface area contributed by atoms with Gasteiger partial charge in [-0.3, -0.25) is 4.79 Å². The molecule has 9 atom stereocenters. The fraction of sp³-hybridized carbons (Fsp3) is 0.897. The number of amides is 1. The lowest BCUT2D eigenvalue weighted by atomic mass is 9.47. The highest BCUT2D eigenvalue weighted by molar-refractivity contribution is 5.72. The van der Waals surface area contributed by atoms with E-state index in [2.05, 4.69) is 46.0 Å². The van der Waals surface area contributed by atoms with E-state index in [-0.39, 0.29) is 42.2 Å². The molecular weight excluding hydrogens is 562 g/mol. The Kier molecular flexibility index (Phi) is 12.2. The van der Waals surface area contributed by atoms with Crippen LogP contribution in [0, 0.1) is 46.3 Å². The molecule has 6 nitrogen and oxygen atoms in total. The van der Waals surface area contributed by atoms with E-state index in [1.165, 1.54) is 56.9 Å². The average Bonchev–Trinajstić information content (AvgIpc) is 3.29. The third kappa shape index (κ3) is 9.08. The number of ether oxygens (including phenoxy) is 3. The molecule has 4 rings (SSSR count). The van der Waals surface area contributed by atoms with E-state index in [9.17, 15) is 9.59 Å². The molecule has 0 aliphatic heterocycles. The molecule has 0 aromatic rings. The molecule has 9 unspecified atom stereocenters. The summed E-state index contributed by atoms with van der Waals surface area (Å²) in [6.07, 6.45) is 16.4. The van der Waals surface area contributed by atoms with Gasteiger partial charge in [0, 0.05) is 19.4 Å². The normalized spacial score (nSPS) is 34.2. The molecule has 3 fully saturated rings. The number of carbonyl (C=O) groups is 2. The maximum Gasteiger partial charge on any atom is 0.407 e. The number of alkyl carbamates (subject to hydrolysis) is 1. The van der Waals surface area contributed by atoms with E-state index >= 15 is 0 Å². The maximum atomic E-state index is 12.6. The van der Waals surface area contributed by atoms with Crippen molar-refractivity contribution in [2.45, 2.75) is 164 Å². The van der Waals surface area contributed by atoms with E-state index < -0.39 is 6.09 Å². The van der Waals surface area contributed by atoms with Gasteiger partial charge in [0.1, 0.15) is 12.2 Å². The molecule has 45 heavy (non-hydrogen) atoms. The number of fused-ring (bicyclic) bond motifs is 5. The summed E-state index contributed by atoms with van der Waals surface area (Å²) in [6, 6.07) is 0. The summed E-state index contributed by atoms with van der Waals surface area (Å²) < 4.78 is 17.1. The highest BCUT2D eigenvalue weighted by atomic mass is 16.6. The molecule has 3 saturated carbocycles. The van der Waals surface area contributed by atoms with Crippen molar-refractivity contribution in [1.82, 2.24) is 5.32 Å². The van der Waals surface area contributed by atoms with Crippen LogP contribution in [0.25, 0.3) is 0 Å². The molecule has 0 bridgehead atoms. The highest BCUT2D eigenvalue weighted by Gasteiger charge is 2.59. The molecule has 0 heterocycles. The number of carbonyl (C=O) groups excluding carboxylic acids is 2. The monoisotopic (exact) mass is 630 g/mol. The highest BCUT2D eigenvalue weighted by Crippen LogP contribution is 2.67. The molecule has 4 aliphatic carbocycles. The Balaban J connectivity index is 1.22. The summed E-state index contributed by atoms with van der Waals surface area (Å²) in [4.78, 5) is 24.9. The SMILES string of the molecule is CC(C)CCCC(C)C1CCC2C3CC=C4CC(OC(=O)NCCC(=O)OC(C)CCOC(C)(C)C)CCC4(C)C3CCC12C. The van der Waals surface area contributed by atoms with E-state index in [1.54, 1.807) is 0 Å². The molecular formula is C39H67NO5. The van der Waals surface area contributed by atoms with Crippen molar-refractivity contribution in [3.05, 3.63) is 11.6 Å². The fourth-order valence-corrected chi connectivity index (χ4v) is 10.1. The number of nitrogens with one attached hydrogen (secondary N) is 1. The smallest absolute Gasteiger partial charge is 0.407 e. The molecule has 4 aliphatic rings. The summed E-state index contributed by atoms with van der Waals surface area (Å²) in [5.41, 5.74) is 2.06. The van der Waals surface area contributed by atoms with Gasteiger partial charge in [0.15, 0.2) is 0 Å². The van der Waals surface area contributed by atoms with Crippen molar-refractivity contribution in [3.8, 4) is 0 Å². The van der Waals surface area contributed by atoms with Gasteiger partial charge < -0.3 is 19.5 Å². The van der Waals surface area contributed by atoms with Crippen molar-refractivity contribution in [1.29, 1.82) is 0 Å². The number of rotatable bonds is 13. The molecule has 0 radical (unpaired) electrons. The zero-order chi connectivity index (χ0) is 33.0. The summed E-state index contributed by atoms with van der Waals surface area (Å²) in [6.45, 7) is 21.1. The van der Waals surface area contributed by atoms with Gasteiger partial charge in [-0.05, 0) is 119 Å². The first-order valence-corrected chi connectivity index (χ1v) is 18.6. The lowest BCUT2D eigenvalue weighted by Crippen LogP contribution is -2.51. The van der Waals surface area contributed by atoms with Crippen LogP contribution in [0.15, 0.2) is 11.6 Å². The van der Waals surface area contributed by atoms with Crippen molar-refractivity contribution < 1.29 is 23.8 Å². The Hall–Kier alpha value is -1.56. The van der Waals surface area contributed by atoms with Crippen molar-refractivity contribution in [3.63, 3.8) is 0 Å². The van der Waals surface area contributed by atoms with E-state index in [4.69, 9.17) is 14.2 Å². The van der Waals surface area contributed by atoms with Crippen LogP contribution < -0.4 is 5.32 Å². The van der Waals surface area contributed by atoms with Gasteiger partial charge in [-0.1, -0.05) is 65.5 Å². The van der Waals surface area contributed by atoms with Gasteiger partial charge in [0.25, 0.3) is 0 Å². The predicted molar refractivity (Wildman–Crippen MR) is 182 cm³/mol. The quantitative estimate of drug-likeness (QED) is 0.162. The summed E-state index contributed by atoms with van der Waals surface area (Å²) in [5, 5.41) is 2.78. The van der Waals surface area contributed by atoms with Crippen molar-refractivity contribution in [2.75, 3.05) is 13.2 Å². The Morgan fingerprint density at radius 1 is 0.978 bits per heavy atom. The largest absolute Gasteiger partial charge is 0.463 e. The lowest BCUT2D eigenvalue weighted by Gasteiger charge is -2.58. The molecule has 0 spiro atoms. The first kappa shape index (κ1) is 36.3. The Morgan fingerprint density at radius 2 is 1.73 bits per heavy atom.